The summed E-state index contributed by atoms with van der Waals surface area (Å²) in [7, 11) is 0. The van der Waals surface area contributed by atoms with Crippen molar-refractivity contribution < 1.29 is 9.66 Å². The number of benzene rings is 2. The molecule has 162 valence electrons. The van der Waals surface area contributed by atoms with E-state index in [0.717, 1.165) is 10.9 Å². The van der Waals surface area contributed by atoms with Gasteiger partial charge in [0.05, 0.1) is 28.1 Å². The number of nitrogens with zero attached hydrogens (tertiary/aromatic N) is 4. The highest BCUT2D eigenvalue weighted by Crippen LogP contribution is 2.25. The van der Waals surface area contributed by atoms with Gasteiger partial charge in [-0.3, -0.25) is 14.9 Å². The molecule has 1 heterocycles. The highest BCUT2D eigenvalue weighted by Gasteiger charge is 2.16. The monoisotopic (exact) mass is 486 g/mol. The Bertz CT molecular complexity index is 1220. The fourth-order valence-electron chi connectivity index (χ4n) is 2.93. The van der Waals surface area contributed by atoms with Gasteiger partial charge in [0, 0.05) is 28.1 Å². The average Bonchev–Trinajstić information content (AvgIpc) is 2.73. The molecule has 0 saturated carbocycles. The maximum atomic E-state index is 13.2. The van der Waals surface area contributed by atoms with Crippen molar-refractivity contribution in [2.24, 2.45) is 5.10 Å². The molecule has 0 bridgehead atoms. The molecule has 0 radical (unpaired) electrons. The van der Waals surface area contributed by atoms with E-state index in [2.05, 4.69) is 26.0 Å². The van der Waals surface area contributed by atoms with Crippen molar-refractivity contribution in [1.82, 2.24) is 9.66 Å². The maximum Gasteiger partial charge on any atom is 0.282 e. The second-order valence-electron chi connectivity index (χ2n) is 7.46. The predicted molar refractivity (Wildman–Crippen MR) is 124 cm³/mol. The van der Waals surface area contributed by atoms with Crippen molar-refractivity contribution in [3.63, 3.8) is 0 Å². The Morgan fingerprint density at radius 2 is 2.00 bits per heavy atom. The van der Waals surface area contributed by atoms with Crippen LogP contribution in [0, 0.1) is 10.1 Å². The van der Waals surface area contributed by atoms with Crippen LogP contribution in [0.3, 0.4) is 0 Å². The maximum absolute atomic E-state index is 13.2. The Balaban J connectivity index is 2.17. The topological polar surface area (TPSA) is 99.6 Å². The van der Waals surface area contributed by atoms with Crippen LogP contribution in [0.4, 0.5) is 5.69 Å². The number of hydrogen-bond acceptors (Lipinski definition) is 6. The van der Waals surface area contributed by atoms with E-state index >= 15 is 0 Å². The molecule has 0 spiro atoms. The highest BCUT2D eigenvalue weighted by atomic mass is 79.9. The van der Waals surface area contributed by atoms with Crippen molar-refractivity contribution in [3.8, 4) is 5.75 Å². The van der Waals surface area contributed by atoms with E-state index in [0.29, 0.717) is 28.0 Å². The van der Waals surface area contributed by atoms with Gasteiger partial charge in [-0.1, -0.05) is 36.7 Å². The zero-order chi connectivity index (χ0) is 22.7. The molecule has 0 saturated heterocycles. The number of ether oxygens (including phenoxy) is 1. The van der Waals surface area contributed by atoms with Gasteiger partial charge >= 0.3 is 0 Å². The molecule has 8 nitrogen and oxygen atoms in total. The summed E-state index contributed by atoms with van der Waals surface area (Å²) in [6.07, 6.45) is 2.10. The molecule has 0 N–H and O–H groups in total. The lowest BCUT2D eigenvalue weighted by atomic mass is 10.1. The number of aromatic nitrogens is 2. The zero-order valence-corrected chi connectivity index (χ0v) is 19.3. The third kappa shape index (κ3) is 4.99. The summed E-state index contributed by atoms with van der Waals surface area (Å²) in [4.78, 5) is 28.5. The third-order valence-corrected chi connectivity index (χ3v) is 5.26. The Kier molecular flexibility index (Phi) is 6.84. The van der Waals surface area contributed by atoms with Gasteiger partial charge in [-0.25, -0.2) is 4.98 Å². The molecule has 3 rings (SSSR count). The summed E-state index contributed by atoms with van der Waals surface area (Å²) in [5.74, 6) is 0.879. The van der Waals surface area contributed by atoms with Crippen molar-refractivity contribution in [3.05, 3.63) is 72.7 Å². The number of nitro groups is 1. The SMILES string of the molecule is CC[C@@H](C)Oc1ccc([N+](=O)[O-])cc1C=Nn1c(C(C)C)nc2ccc(Br)cc2c1=O. The fourth-order valence-corrected chi connectivity index (χ4v) is 3.29. The first kappa shape index (κ1) is 22.6. The van der Waals surface area contributed by atoms with Crippen LogP contribution in [-0.4, -0.2) is 26.9 Å². The first-order chi connectivity index (χ1) is 14.7. The van der Waals surface area contributed by atoms with E-state index in [-0.39, 0.29) is 23.3 Å². The Morgan fingerprint density at radius 1 is 1.26 bits per heavy atom. The third-order valence-electron chi connectivity index (χ3n) is 4.77. The first-order valence-electron chi connectivity index (χ1n) is 9.93. The van der Waals surface area contributed by atoms with Gasteiger partial charge in [-0.2, -0.15) is 9.78 Å². The van der Waals surface area contributed by atoms with E-state index in [4.69, 9.17) is 4.74 Å². The van der Waals surface area contributed by atoms with Crippen LogP contribution in [0.25, 0.3) is 10.9 Å². The van der Waals surface area contributed by atoms with E-state index in [1.54, 1.807) is 18.2 Å². The summed E-state index contributed by atoms with van der Waals surface area (Å²) < 4.78 is 7.89. The summed E-state index contributed by atoms with van der Waals surface area (Å²) >= 11 is 3.38. The Morgan fingerprint density at radius 3 is 2.65 bits per heavy atom. The molecule has 31 heavy (non-hydrogen) atoms. The lowest BCUT2D eigenvalue weighted by Crippen LogP contribution is -2.23. The standard InChI is InChI=1S/C22H23BrN4O4/c1-5-14(4)31-20-9-7-17(27(29)30)10-15(20)12-24-26-21(13(2)3)25-19-8-6-16(23)11-18(19)22(26)28/h6-14H,5H2,1-4H3/t14-/m1/s1. The van der Waals surface area contributed by atoms with Gasteiger partial charge in [0.2, 0.25) is 0 Å². The van der Waals surface area contributed by atoms with Crippen LogP contribution >= 0.6 is 15.9 Å². The summed E-state index contributed by atoms with van der Waals surface area (Å²) in [5, 5.41) is 16.0. The molecule has 2 aromatic carbocycles. The van der Waals surface area contributed by atoms with E-state index in [1.165, 1.54) is 23.0 Å². The van der Waals surface area contributed by atoms with Crippen LogP contribution in [0.5, 0.6) is 5.75 Å². The number of nitro benzene ring substituents is 1. The van der Waals surface area contributed by atoms with Gasteiger partial charge in [0.25, 0.3) is 11.2 Å². The van der Waals surface area contributed by atoms with E-state index in [9.17, 15) is 14.9 Å². The van der Waals surface area contributed by atoms with Crippen LogP contribution in [0.2, 0.25) is 0 Å². The molecule has 0 fully saturated rings. The minimum absolute atomic E-state index is 0.0705. The normalized spacial score (nSPS) is 12.6. The largest absolute Gasteiger partial charge is 0.490 e. The number of rotatable bonds is 7. The first-order valence-corrected chi connectivity index (χ1v) is 10.7. The van der Waals surface area contributed by atoms with Gasteiger partial charge in [0.15, 0.2) is 0 Å². The fraction of sp³-hybridized carbons (Fsp3) is 0.318. The average molecular weight is 487 g/mol. The van der Waals surface area contributed by atoms with E-state index in [1.807, 2.05) is 33.8 Å². The highest BCUT2D eigenvalue weighted by molar-refractivity contribution is 9.10. The molecule has 0 aliphatic rings. The second-order valence-corrected chi connectivity index (χ2v) is 8.38. The van der Waals surface area contributed by atoms with Crippen molar-refractivity contribution in [1.29, 1.82) is 0 Å². The van der Waals surface area contributed by atoms with Crippen molar-refractivity contribution in [2.75, 3.05) is 0 Å². The lowest BCUT2D eigenvalue weighted by molar-refractivity contribution is -0.384. The lowest BCUT2D eigenvalue weighted by Gasteiger charge is -2.15. The zero-order valence-electron chi connectivity index (χ0n) is 17.7. The minimum Gasteiger partial charge on any atom is -0.490 e. The van der Waals surface area contributed by atoms with Crippen LogP contribution in [0.15, 0.2) is 50.8 Å². The Labute approximate surface area is 187 Å². The second kappa shape index (κ2) is 9.38. The molecular formula is C22H23BrN4O4. The minimum atomic E-state index is -0.481. The predicted octanol–water partition coefficient (Wildman–Crippen LogP) is 5.25. The van der Waals surface area contributed by atoms with Gasteiger partial charge in [0.1, 0.15) is 11.6 Å². The van der Waals surface area contributed by atoms with Crippen molar-refractivity contribution in [2.45, 2.75) is 46.1 Å². The summed E-state index contributed by atoms with van der Waals surface area (Å²) in [6, 6.07) is 9.62. The van der Waals surface area contributed by atoms with Crippen molar-refractivity contribution >= 4 is 38.7 Å². The molecule has 9 heteroatoms. The molecule has 0 unspecified atom stereocenters. The van der Waals surface area contributed by atoms with Gasteiger partial charge < -0.3 is 4.74 Å². The molecular weight excluding hydrogens is 464 g/mol. The number of halogens is 1. The number of fused-ring (bicyclic) bond motifs is 1. The van der Waals surface area contributed by atoms with Gasteiger partial charge in [-0.15, -0.1) is 0 Å². The Hall–Kier alpha value is -3.07. The quantitative estimate of drug-likeness (QED) is 0.258. The molecule has 0 aliphatic carbocycles. The van der Waals surface area contributed by atoms with E-state index < -0.39 is 4.92 Å². The van der Waals surface area contributed by atoms with Crippen LogP contribution < -0.4 is 10.3 Å². The number of non-ortho nitro benzene ring substituents is 1. The molecule has 1 aromatic heterocycles. The molecule has 3 aromatic rings. The summed E-state index contributed by atoms with van der Waals surface area (Å²) in [6.45, 7) is 7.73. The van der Waals surface area contributed by atoms with Crippen LogP contribution in [-0.2, 0) is 0 Å². The van der Waals surface area contributed by atoms with Gasteiger partial charge in [-0.05, 0) is 37.6 Å². The smallest absolute Gasteiger partial charge is 0.282 e. The summed E-state index contributed by atoms with van der Waals surface area (Å²) in [5.41, 5.74) is 0.584. The molecule has 0 amide bonds. The van der Waals surface area contributed by atoms with Crippen LogP contribution in [0.1, 0.15) is 51.4 Å². The molecule has 0 aliphatic heterocycles. The number of hydrogen-bond donors (Lipinski definition) is 0. The molecule has 1 atom stereocenters.